The van der Waals surface area contributed by atoms with E-state index in [1.54, 1.807) is 4.90 Å². The number of piperidine rings is 1. The third kappa shape index (κ3) is 2.88. The van der Waals surface area contributed by atoms with Gasteiger partial charge in [-0.05, 0) is 46.5 Å². The lowest BCUT2D eigenvalue weighted by Gasteiger charge is -2.41. The molecule has 2 fully saturated rings. The van der Waals surface area contributed by atoms with Crippen molar-refractivity contribution in [2.45, 2.75) is 58.2 Å². The number of ether oxygens (including phenoxy) is 1. The molecule has 7 heteroatoms. The van der Waals surface area contributed by atoms with Gasteiger partial charge in [0, 0.05) is 18.5 Å². The number of nitrogens with zero attached hydrogens (tertiary/aromatic N) is 2. The lowest BCUT2D eigenvalue weighted by atomic mass is 9.74. The maximum Gasteiger partial charge on any atom is 0.410 e. The average molecular weight is 324 g/mol. The molecular formula is C16H24N2O5. The number of amides is 1. The molecule has 23 heavy (non-hydrogen) atoms. The highest BCUT2D eigenvalue weighted by Gasteiger charge is 2.57. The molecule has 3 aliphatic rings. The molecule has 0 aromatic rings. The molecule has 1 saturated carbocycles. The van der Waals surface area contributed by atoms with Crippen LogP contribution in [0.5, 0.6) is 0 Å². The van der Waals surface area contributed by atoms with E-state index in [4.69, 9.17) is 9.57 Å². The maximum atomic E-state index is 12.2. The predicted octanol–water partition coefficient (Wildman–Crippen LogP) is 2.25. The van der Waals surface area contributed by atoms with Gasteiger partial charge in [0.2, 0.25) is 0 Å². The Morgan fingerprint density at radius 1 is 1.30 bits per heavy atom. The van der Waals surface area contributed by atoms with Crippen LogP contribution in [0.25, 0.3) is 0 Å². The second-order valence-corrected chi connectivity index (χ2v) is 7.78. The molecule has 7 nitrogen and oxygen atoms in total. The number of carboxylic acids is 1. The Bertz CT molecular complexity index is 543. The van der Waals surface area contributed by atoms with Gasteiger partial charge in [-0.3, -0.25) is 0 Å². The first-order chi connectivity index (χ1) is 10.7. The number of aliphatic carboxylic acids is 1. The standard InChI is InChI=1S/C16H24N2O5/c1-15(2,3)22-14(21)18-8-6-16(7-9-18)5-4-10-11(13(19)20)17-23-12(10)16/h10,12H,4-9H2,1-3H3,(H,19,20). The van der Waals surface area contributed by atoms with Crippen LogP contribution in [0.15, 0.2) is 5.16 Å². The Hall–Kier alpha value is -1.79. The van der Waals surface area contributed by atoms with Gasteiger partial charge in [0.25, 0.3) is 0 Å². The van der Waals surface area contributed by atoms with Gasteiger partial charge < -0.3 is 19.6 Å². The van der Waals surface area contributed by atoms with Crippen molar-refractivity contribution in [2.75, 3.05) is 13.1 Å². The van der Waals surface area contributed by atoms with E-state index in [-0.39, 0.29) is 29.2 Å². The highest BCUT2D eigenvalue weighted by Crippen LogP contribution is 2.53. The summed E-state index contributed by atoms with van der Waals surface area (Å²) in [5.41, 5.74) is -0.408. The summed E-state index contributed by atoms with van der Waals surface area (Å²) in [6.45, 7) is 6.80. The fraction of sp³-hybridized carbons (Fsp3) is 0.812. The van der Waals surface area contributed by atoms with Crippen molar-refractivity contribution >= 4 is 17.8 Å². The number of rotatable bonds is 1. The van der Waals surface area contributed by atoms with E-state index in [0.717, 1.165) is 25.7 Å². The Kier molecular flexibility index (Phi) is 3.77. The first-order valence-electron chi connectivity index (χ1n) is 8.17. The van der Waals surface area contributed by atoms with Crippen LogP contribution in [0.4, 0.5) is 4.79 Å². The van der Waals surface area contributed by atoms with Crippen LogP contribution in [0, 0.1) is 11.3 Å². The lowest BCUT2D eigenvalue weighted by molar-refractivity contribution is -0.129. The van der Waals surface area contributed by atoms with Gasteiger partial charge in [-0.1, -0.05) is 5.16 Å². The molecule has 2 atom stereocenters. The molecule has 0 aromatic heterocycles. The number of hydrogen-bond donors (Lipinski definition) is 1. The van der Waals surface area contributed by atoms with E-state index >= 15 is 0 Å². The largest absolute Gasteiger partial charge is 0.477 e. The van der Waals surface area contributed by atoms with Gasteiger partial charge in [0.15, 0.2) is 5.71 Å². The lowest BCUT2D eigenvalue weighted by Crippen LogP contribution is -2.48. The van der Waals surface area contributed by atoms with Crippen LogP contribution in [0.3, 0.4) is 0 Å². The fourth-order valence-electron chi connectivity index (χ4n) is 4.00. The molecule has 1 amide bonds. The topological polar surface area (TPSA) is 88.4 Å². The number of likely N-dealkylation sites (tertiary alicyclic amines) is 1. The molecule has 3 rings (SSSR count). The molecule has 0 radical (unpaired) electrons. The molecule has 1 spiro atoms. The summed E-state index contributed by atoms with van der Waals surface area (Å²) in [6.07, 6.45) is 2.89. The summed E-state index contributed by atoms with van der Waals surface area (Å²) < 4.78 is 5.42. The smallest absolute Gasteiger partial charge is 0.410 e. The second kappa shape index (κ2) is 5.39. The van der Waals surface area contributed by atoms with E-state index in [9.17, 15) is 14.7 Å². The van der Waals surface area contributed by atoms with E-state index in [1.165, 1.54) is 0 Å². The normalized spacial score (nSPS) is 29.0. The van der Waals surface area contributed by atoms with Gasteiger partial charge in [0.1, 0.15) is 11.7 Å². The molecule has 2 heterocycles. The summed E-state index contributed by atoms with van der Waals surface area (Å²) in [4.78, 5) is 30.6. The summed E-state index contributed by atoms with van der Waals surface area (Å²) in [5.74, 6) is -1.10. The van der Waals surface area contributed by atoms with E-state index in [2.05, 4.69) is 5.16 Å². The van der Waals surface area contributed by atoms with Gasteiger partial charge in [0.05, 0.1) is 5.92 Å². The minimum atomic E-state index is -0.985. The van der Waals surface area contributed by atoms with Gasteiger partial charge in [-0.15, -0.1) is 0 Å². The quantitative estimate of drug-likeness (QED) is 0.799. The van der Waals surface area contributed by atoms with Crippen molar-refractivity contribution in [3.05, 3.63) is 0 Å². The summed E-state index contributed by atoms with van der Waals surface area (Å²) in [7, 11) is 0. The summed E-state index contributed by atoms with van der Waals surface area (Å²) in [5, 5.41) is 13.0. The van der Waals surface area contributed by atoms with E-state index in [1.807, 2.05) is 20.8 Å². The molecular weight excluding hydrogens is 300 g/mol. The van der Waals surface area contributed by atoms with Crippen molar-refractivity contribution in [3.63, 3.8) is 0 Å². The molecule has 2 unspecified atom stereocenters. The maximum absolute atomic E-state index is 12.2. The van der Waals surface area contributed by atoms with Gasteiger partial charge in [-0.2, -0.15) is 0 Å². The Morgan fingerprint density at radius 3 is 2.52 bits per heavy atom. The number of oxime groups is 1. The number of fused-ring (bicyclic) bond motifs is 2. The average Bonchev–Trinajstić information content (AvgIpc) is 3.00. The highest BCUT2D eigenvalue weighted by molar-refractivity contribution is 6.36. The molecule has 1 N–H and O–H groups in total. The second-order valence-electron chi connectivity index (χ2n) is 7.78. The number of carbonyl (C=O) groups is 2. The predicted molar refractivity (Wildman–Crippen MR) is 82.1 cm³/mol. The van der Waals surface area contributed by atoms with Gasteiger partial charge >= 0.3 is 12.1 Å². The third-order valence-corrected chi connectivity index (χ3v) is 5.17. The first-order valence-corrected chi connectivity index (χ1v) is 8.17. The van der Waals surface area contributed by atoms with Crippen LogP contribution in [-0.2, 0) is 14.4 Å². The Balaban J connectivity index is 1.62. The SMILES string of the molecule is CC(C)(C)OC(=O)N1CCC2(CCC3C(C(=O)O)=NOC32)CC1. The summed E-state index contributed by atoms with van der Waals surface area (Å²) in [6, 6.07) is 0. The highest BCUT2D eigenvalue weighted by atomic mass is 16.6. The molecule has 0 bridgehead atoms. The van der Waals surface area contributed by atoms with Crippen molar-refractivity contribution in [3.8, 4) is 0 Å². The van der Waals surface area contributed by atoms with Crippen molar-refractivity contribution in [1.29, 1.82) is 0 Å². The Morgan fingerprint density at radius 2 is 1.96 bits per heavy atom. The van der Waals surface area contributed by atoms with Gasteiger partial charge in [-0.25, -0.2) is 9.59 Å². The molecule has 0 aromatic carbocycles. The first kappa shape index (κ1) is 16.1. The number of hydrogen-bond acceptors (Lipinski definition) is 5. The van der Waals surface area contributed by atoms with Crippen LogP contribution in [0.2, 0.25) is 0 Å². The number of carboxylic acid groups (broad SMARTS) is 1. The van der Waals surface area contributed by atoms with Crippen LogP contribution >= 0.6 is 0 Å². The zero-order chi connectivity index (χ0) is 16.8. The number of carbonyl (C=O) groups excluding carboxylic acids is 1. The third-order valence-electron chi connectivity index (χ3n) is 5.17. The van der Waals surface area contributed by atoms with Crippen LogP contribution < -0.4 is 0 Å². The van der Waals surface area contributed by atoms with Crippen LogP contribution in [-0.4, -0.2) is 52.6 Å². The van der Waals surface area contributed by atoms with Crippen molar-refractivity contribution in [2.24, 2.45) is 16.5 Å². The molecule has 2 aliphatic heterocycles. The minimum absolute atomic E-state index is 0.0656. The minimum Gasteiger partial charge on any atom is -0.477 e. The monoisotopic (exact) mass is 324 g/mol. The fourth-order valence-corrected chi connectivity index (χ4v) is 4.00. The zero-order valence-corrected chi connectivity index (χ0v) is 13.9. The van der Waals surface area contributed by atoms with Crippen LogP contribution in [0.1, 0.15) is 46.5 Å². The molecule has 128 valence electrons. The van der Waals surface area contributed by atoms with E-state index in [0.29, 0.717) is 13.1 Å². The molecule has 1 saturated heterocycles. The Labute approximate surface area is 135 Å². The summed E-state index contributed by atoms with van der Waals surface area (Å²) >= 11 is 0. The van der Waals surface area contributed by atoms with Crippen molar-refractivity contribution < 1.29 is 24.3 Å². The molecule has 1 aliphatic carbocycles. The zero-order valence-electron chi connectivity index (χ0n) is 13.9. The van der Waals surface area contributed by atoms with E-state index < -0.39 is 11.6 Å². The van der Waals surface area contributed by atoms with Crippen molar-refractivity contribution in [1.82, 2.24) is 4.90 Å².